The van der Waals surface area contributed by atoms with Crippen molar-refractivity contribution in [1.29, 1.82) is 0 Å². The van der Waals surface area contributed by atoms with E-state index in [-0.39, 0.29) is 0 Å². The van der Waals surface area contributed by atoms with Crippen molar-refractivity contribution in [3.05, 3.63) is 0 Å². The minimum Gasteiger partial charge on any atom is -0.247 e. The van der Waals surface area contributed by atoms with Gasteiger partial charge in [0, 0.05) is 0 Å². The minimum atomic E-state index is -0.851. The van der Waals surface area contributed by atoms with E-state index >= 15 is 0 Å². The van der Waals surface area contributed by atoms with E-state index in [1.807, 2.05) is 6.92 Å². The maximum atomic E-state index is 10.4. The van der Waals surface area contributed by atoms with Gasteiger partial charge in [0.1, 0.15) is 0 Å². The average molecular weight is 127 g/mol. The Hall–Kier alpha value is -0.530. The molecule has 51 valence electrons. The van der Waals surface area contributed by atoms with Crippen molar-refractivity contribution in [1.82, 2.24) is 0 Å². The van der Waals surface area contributed by atoms with E-state index in [1.165, 1.54) is 0 Å². The van der Waals surface area contributed by atoms with Gasteiger partial charge in [-0.05, 0) is 19.3 Å². The molecule has 0 bridgehead atoms. The van der Waals surface area contributed by atoms with Crippen LogP contribution in [0, 0.1) is 5.41 Å². The fourth-order valence-corrected chi connectivity index (χ4v) is 1.31. The fraction of sp³-hybridized carbons (Fsp3) is 0.857. The monoisotopic (exact) mass is 127 g/mol. The lowest BCUT2D eigenvalue weighted by Gasteiger charge is -2.35. The molecule has 0 amide bonds. The van der Waals surface area contributed by atoms with Gasteiger partial charge in [-0.1, -0.05) is 13.3 Å². The summed E-state index contributed by atoms with van der Waals surface area (Å²) in [6.07, 6.45) is 3.44. The Bertz CT molecular complexity index is 119. The van der Waals surface area contributed by atoms with Crippen LogP contribution in [0.4, 0.5) is 0 Å². The van der Waals surface area contributed by atoms with Crippen LogP contribution in [-0.4, -0.2) is 5.97 Å². The van der Waals surface area contributed by atoms with Gasteiger partial charge in [-0.25, -0.2) is 9.90 Å². The first-order valence-electron chi connectivity index (χ1n) is 3.43. The molecule has 2 heteroatoms. The summed E-state index contributed by atoms with van der Waals surface area (Å²) < 4.78 is 0. The predicted molar refractivity (Wildman–Crippen MR) is 32.3 cm³/mol. The Morgan fingerprint density at radius 2 is 2.11 bits per heavy atom. The summed E-state index contributed by atoms with van der Waals surface area (Å²) in [7, 11) is 0. The summed E-state index contributed by atoms with van der Waals surface area (Å²) in [6.45, 7) is 1.91. The van der Waals surface area contributed by atoms with E-state index in [0.29, 0.717) is 0 Å². The van der Waals surface area contributed by atoms with Gasteiger partial charge in [-0.2, -0.15) is 0 Å². The Labute approximate surface area is 54.9 Å². The summed E-state index contributed by atoms with van der Waals surface area (Å²) in [5.74, 6) is -0.851. The molecule has 0 atom stereocenters. The highest BCUT2D eigenvalue weighted by molar-refractivity contribution is 5.75. The topological polar surface area (TPSA) is 37.0 Å². The van der Waals surface area contributed by atoms with Crippen molar-refractivity contribution in [3.63, 3.8) is 0 Å². The zero-order valence-corrected chi connectivity index (χ0v) is 5.64. The van der Waals surface area contributed by atoms with Crippen molar-refractivity contribution >= 4 is 5.97 Å². The predicted octanol–water partition coefficient (Wildman–Crippen LogP) is 1.52. The second-order valence-electron chi connectivity index (χ2n) is 2.77. The maximum absolute atomic E-state index is 10.4. The maximum Gasteiger partial charge on any atom is 0.361 e. The van der Waals surface area contributed by atoms with Gasteiger partial charge in [-0.3, -0.25) is 0 Å². The number of hydrogen-bond acceptors (Lipinski definition) is 1. The Balaban J connectivity index is 2.57. The largest absolute Gasteiger partial charge is 0.361 e. The van der Waals surface area contributed by atoms with E-state index in [9.17, 15) is 9.90 Å². The number of rotatable bonds is 2. The highest BCUT2D eigenvalue weighted by Crippen LogP contribution is 2.43. The van der Waals surface area contributed by atoms with Crippen molar-refractivity contribution in [3.8, 4) is 0 Å². The molecule has 0 heterocycles. The molecular weight excluding hydrogens is 116 g/mol. The third-order valence-corrected chi connectivity index (χ3v) is 2.42. The minimum absolute atomic E-state index is 0.431. The van der Waals surface area contributed by atoms with E-state index in [2.05, 4.69) is 0 Å². The van der Waals surface area contributed by atoms with Crippen LogP contribution < -0.4 is 0 Å². The van der Waals surface area contributed by atoms with Crippen molar-refractivity contribution in [2.45, 2.75) is 32.6 Å². The van der Waals surface area contributed by atoms with Crippen LogP contribution in [-0.2, 0) is 9.90 Å². The second kappa shape index (κ2) is 2.01. The van der Waals surface area contributed by atoms with Gasteiger partial charge in [0.25, 0.3) is 0 Å². The Morgan fingerprint density at radius 3 is 2.11 bits per heavy atom. The fourth-order valence-electron chi connectivity index (χ4n) is 1.31. The first-order chi connectivity index (χ1) is 4.21. The summed E-state index contributed by atoms with van der Waals surface area (Å²) in [5.41, 5.74) is -0.431. The summed E-state index contributed by atoms with van der Waals surface area (Å²) in [5, 5.41) is 10.4. The average Bonchev–Trinajstić information content (AvgIpc) is 1.62. The van der Waals surface area contributed by atoms with E-state index in [1.54, 1.807) is 0 Å². The normalized spacial score (nSPS) is 22.8. The van der Waals surface area contributed by atoms with Gasteiger partial charge in [0.05, 0.1) is 5.41 Å². The molecule has 9 heavy (non-hydrogen) atoms. The van der Waals surface area contributed by atoms with Crippen LogP contribution in [0.15, 0.2) is 0 Å². The van der Waals surface area contributed by atoms with Crippen molar-refractivity contribution in [2.75, 3.05) is 0 Å². The Morgan fingerprint density at radius 1 is 1.56 bits per heavy atom. The SMILES string of the molecule is CCC1(C([O])=O)CCC1. The lowest BCUT2D eigenvalue weighted by atomic mass is 9.67. The van der Waals surface area contributed by atoms with E-state index < -0.39 is 11.4 Å². The molecule has 0 aromatic rings. The van der Waals surface area contributed by atoms with Gasteiger partial charge in [0.15, 0.2) is 0 Å². The lowest BCUT2D eigenvalue weighted by Crippen LogP contribution is -2.36. The van der Waals surface area contributed by atoms with Crippen LogP contribution in [0.1, 0.15) is 32.6 Å². The van der Waals surface area contributed by atoms with E-state index in [4.69, 9.17) is 0 Å². The zero-order valence-electron chi connectivity index (χ0n) is 5.64. The molecule has 0 saturated heterocycles. The lowest BCUT2D eigenvalue weighted by molar-refractivity contribution is -0.161. The first-order valence-corrected chi connectivity index (χ1v) is 3.43. The number of carbonyl (C=O) groups excluding carboxylic acids is 1. The molecule has 0 aromatic carbocycles. The van der Waals surface area contributed by atoms with Gasteiger partial charge in [-0.15, -0.1) is 0 Å². The molecular formula is C7H11O2. The molecule has 1 aliphatic carbocycles. The third-order valence-electron chi connectivity index (χ3n) is 2.42. The second-order valence-corrected chi connectivity index (χ2v) is 2.77. The van der Waals surface area contributed by atoms with Crippen LogP contribution in [0.3, 0.4) is 0 Å². The first kappa shape index (κ1) is 6.59. The molecule has 0 N–H and O–H groups in total. The summed E-state index contributed by atoms with van der Waals surface area (Å²) >= 11 is 0. The number of hydrogen-bond donors (Lipinski definition) is 0. The van der Waals surface area contributed by atoms with E-state index in [0.717, 1.165) is 25.7 Å². The molecule has 0 aromatic heterocycles. The molecule has 2 nitrogen and oxygen atoms in total. The molecule has 1 radical (unpaired) electrons. The molecule has 1 rings (SSSR count). The molecule has 0 unspecified atom stereocenters. The molecule has 0 aliphatic heterocycles. The highest BCUT2D eigenvalue weighted by Gasteiger charge is 2.43. The van der Waals surface area contributed by atoms with Crippen molar-refractivity contribution < 1.29 is 9.90 Å². The Kier molecular flexibility index (Phi) is 1.47. The quantitative estimate of drug-likeness (QED) is 0.554. The van der Waals surface area contributed by atoms with Gasteiger partial charge >= 0.3 is 5.97 Å². The van der Waals surface area contributed by atoms with Crippen LogP contribution in [0.5, 0.6) is 0 Å². The van der Waals surface area contributed by atoms with Crippen LogP contribution in [0.25, 0.3) is 0 Å². The van der Waals surface area contributed by atoms with Crippen LogP contribution in [0.2, 0.25) is 0 Å². The highest BCUT2D eigenvalue weighted by atomic mass is 16.4. The standard InChI is InChI=1S/C7H11O2/c1-2-7(6(8)9)4-3-5-7/h2-5H2,1H3. The van der Waals surface area contributed by atoms with Crippen molar-refractivity contribution in [2.24, 2.45) is 5.41 Å². The molecule has 1 aliphatic rings. The summed E-state index contributed by atoms with van der Waals surface area (Å²) in [4.78, 5) is 10.4. The molecule has 1 fully saturated rings. The molecule has 0 spiro atoms. The number of carbonyl (C=O) groups is 1. The zero-order chi connectivity index (χ0) is 6.91. The van der Waals surface area contributed by atoms with Gasteiger partial charge in [0.2, 0.25) is 0 Å². The smallest absolute Gasteiger partial charge is 0.247 e. The third kappa shape index (κ3) is 0.824. The molecule has 1 saturated carbocycles. The van der Waals surface area contributed by atoms with Gasteiger partial charge < -0.3 is 0 Å². The summed E-state index contributed by atoms with van der Waals surface area (Å²) in [6, 6.07) is 0. The van der Waals surface area contributed by atoms with Crippen LogP contribution >= 0.6 is 0 Å².